The number of carbonyl (C=O) groups is 2. The minimum absolute atomic E-state index is 0.141. The third kappa shape index (κ3) is 7.32. The Morgan fingerprint density at radius 3 is 1.78 bits per heavy atom. The molecule has 0 saturated heterocycles. The molecule has 0 aliphatic rings. The summed E-state index contributed by atoms with van der Waals surface area (Å²) in [5, 5.41) is 0. The number of esters is 2. The lowest BCUT2D eigenvalue weighted by atomic mass is 9.98. The highest BCUT2D eigenvalue weighted by atomic mass is 16.5. The van der Waals surface area contributed by atoms with Crippen molar-refractivity contribution in [2.45, 2.75) is 12.8 Å². The van der Waals surface area contributed by atoms with E-state index in [4.69, 9.17) is 9.47 Å². The Morgan fingerprint density at radius 1 is 0.778 bits per heavy atom. The second kappa shape index (κ2) is 10.8. The molecule has 2 rings (SSSR count). The van der Waals surface area contributed by atoms with Crippen LogP contribution in [0.1, 0.15) is 16.7 Å². The van der Waals surface area contributed by atoms with E-state index in [1.54, 1.807) is 0 Å². The molecule has 0 amide bonds. The predicted molar refractivity (Wildman–Crippen MR) is 105 cm³/mol. The van der Waals surface area contributed by atoms with Gasteiger partial charge < -0.3 is 9.47 Å². The lowest BCUT2D eigenvalue weighted by molar-refractivity contribution is -0.142. The van der Waals surface area contributed by atoms with Crippen molar-refractivity contribution in [2.24, 2.45) is 5.92 Å². The standard InChI is InChI=1S/C23H24O4/c1-3-22(24)26-16-21(17-27-23(25)4-2)15-20-12-10-19(11-13-20)14-18-8-6-5-7-9-18/h3-13,21H,1-2,14-17H2. The van der Waals surface area contributed by atoms with Gasteiger partial charge in [0.15, 0.2) is 0 Å². The number of ether oxygens (including phenoxy) is 2. The van der Waals surface area contributed by atoms with Gasteiger partial charge in [-0.2, -0.15) is 0 Å². The second-order valence-electron chi connectivity index (χ2n) is 6.22. The van der Waals surface area contributed by atoms with E-state index in [2.05, 4.69) is 49.6 Å². The zero-order valence-corrected chi connectivity index (χ0v) is 15.3. The lowest BCUT2D eigenvalue weighted by Gasteiger charge is -2.17. The van der Waals surface area contributed by atoms with Gasteiger partial charge in [-0.3, -0.25) is 0 Å². The molecule has 0 heterocycles. The van der Waals surface area contributed by atoms with Crippen LogP contribution in [0.15, 0.2) is 79.9 Å². The second-order valence-corrected chi connectivity index (χ2v) is 6.22. The van der Waals surface area contributed by atoms with Gasteiger partial charge in [0.05, 0.1) is 13.2 Å². The average Bonchev–Trinajstić information content (AvgIpc) is 2.71. The van der Waals surface area contributed by atoms with Crippen LogP contribution in [0.3, 0.4) is 0 Å². The Labute approximate surface area is 160 Å². The van der Waals surface area contributed by atoms with Gasteiger partial charge in [-0.1, -0.05) is 67.8 Å². The van der Waals surface area contributed by atoms with Crippen LogP contribution >= 0.6 is 0 Å². The summed E-state index contributed by atoms with van der Waals surface area (Å²) < 4.78 is 10.2. The van der Waals surface area contributed by atoms with E-state index in [0.29, 0.717) is 6.42 Å². The number of rotatable bonds is 10. The summed E-state index contributed by atoms with van der Waals surface area (Å²) in [4.78, 5) is 22.6. The van der Waals surface area contributed by atoms with Crippen molar-refractivity contribution in [1.82, 2.24) is 0 Å². The van der Waals surface area contributed by atoms with Crippen molar-refractivity contribution in [3.8, 4) is 0 Å². The Hall–Kier alpha value is -3.14. The van der Waals surface area contributed by atoms with Crippen LogP contribution in [-0.4, -0.2) is 25.2 Å². The van der Waals surface area contributed by atoms with Crippen LogP contribution in [0.5, 0.6) is 0 Å². The normalized spacial score (nSPS) is 10.3. The Morgan fingerprint density at radius 2 is 1.26 bits per heavy atom. The molecule has 4 nitrogen and oxygen atoms in total. The van der Waals surface area contributed by atoms with Gasteiger partial charge in [0, 0.05) is 18.1 Å². The van der Waals surface area contributed by atoms with Crippen molar-refractivity contribution in [2.75, 3.05) is 13.2 Å². The van der Waals surface area contributed by atoms with Gasteiger partial charge in [0.1, 0.15) is 0 Å². The summed E-state index contributed by atoms with van der Waals surface area (Å²) in [6.07, 6.45) is 3.73. The first-order chi connectivity index (χ1) is 13.1. The number of hydrogen-bond acceptors (Lipinski definition) is 4. The number of carbonyl (C=O) groups excluding carboxylic acids is 2. The van der Waals surface area contributed by atoms with Crippen LogP contribution in [0.25, 0.3) is 0 Å². The average molecular weight is 364 g/mol. The van der Waals surface area contributed by atoms with Crippen LogP contribution in [0, 0.1) is 5.92 Å². The molecule has 0 atom stereocenters. The first-order valence-corrected chi connectivity index (χ1v) is 8.81. The molecule has 0 aromatic heterocycles. The van der Waals surface area contributed by atoms with Gasteiger partial charge >= 0.3 is 11.9 Å². The van der Waals surface area contributed by atoms with Crippen LogP contribution in [0.4, 0.5) is 0 Å². The van der Waals surface area contributed by atoms with Crippen molar-refractivity contribution in [3.63, 3.8) is 0 Å². The Kier molecular flexibility index (Phi) is 8.04. The van der Waals surface area contributed by atoms with Crippen molar-refractivity contribution in [1.29, 1.82) is 0 Å². The molecule has 140 valence electrons. The van der Waals surface area contributed by atoms with Gasteiger partial charge in [-0.25, -0.2) is 9.59 Å². The molecule has 0 spiro atoms. The molecule has 0 bridgehead atoms. The summed E-state index contributed by atoms with van der Waals surface area (Å²) in [5.41, 5.74) is 3.56. The molecule has 2 aromatic rings. The van der Waals surface area contributed by atoms with E-state index in [-0.39, 0.29) is 19.1 Å². The van der Waals surface area contributed by atoms with E-state index < -0.39 is 11.9 Å². The van der Waals surface area contributed by atoms with E-state index >= 15 is 0 Å². The summed E-state index contributed by atoms with van der Waals surface area (Å²) in [5.74, 6) is -1.13. The Balaban J connectivity index is 1.97. The first-order valence-electron chi connectivity index (χ1n) is 8.81. The SMILES string of the molecule is C=CC(=O)OCC(COC(=O)C=C)Cc1ccc(Cc2ccccc2)cc1. The number of hydrogen-bond donors (Lipinski definition) is 0. The van der Waals surface area contributed by atoms with Gasteiger partial charge in [0.2, 0.25) is 0 Å². The minimum atomic E-state index is -0.492. The molecule has 4 heteroatoms. The van der Waals surface area contributed by atoms with E-state index in [0.717, 1.165) is 24.1 Å². The van der Waals surface area contributed by atoms with Crippen LogP contribution in [-0.2, 0) is 31.9 Å². The fraction of sp³-hybridized carbons (Fsp3) is 0.217. The molecular formula is C23H24O4. The summed E-state index contributed by atoms with van der Waals surface area (Å²) in [6, 6.07) is 18.6. The first kappa shape index (κ1) is 20.2. The molecule has 0 fully saturated rings. The number of benzene rings is 2. The smallest absolute Gasteiger partial charge is 0.330 e. The molecule has 0 radical (unpaired) electrons. The fourth-order valence-electron chi connectivity index (χ4n) is 2.64. The van der Waals surface area contributed by atoms with Crippen LogP contribution < -0.4 is 0 Å². The molecule has 0 N–H and O–H groups in total. The molecule has 0 aliphatic carbocycles. The van der Waals surface area contributed by atoms with E-state index in [1.165, 1.54) is 11.1 Å². The van der Waals surface area contributed by atoms with Crippen molar-refractivity contribution in [3.05, 3.63) is 96.6 Å². The van der Waals surface area contributed by atoms with Crippen molar-refractivity contribution < 1.29 is 19.1 Å². The fourth-order valence-corrected chi connectivity index (χ4v) is 2.64. The highest BCUT2D eigenvalue weighted by Gasteiger charge is 2.14. The molecule has 0 unspecified atom stereocenters. The lowest BCUT2D eigenvalue weighted by Crippen LogP contribution is -2.22. The Bertz CT molecular complexity index is 739. The van der Waals surface area contributed by atoms with Gasteiger partial charge in [-0.05, 0) is 29.5 Å². The van der Waals surface area contributed by atoms with E-state index in [9.17, 15) is 9.59 Å². The highest BCUT2D eigenvalue weighted by Crippen LogP contribution is 2.15. The molecule has 0 saturated carbocycles. The van der Waals surface area contributed by atoms with Crippen molar-refractivity contribution >= 4 is 11.9 Å². The highest BCUT2D eigenvalue weighted by molar-refractivity contribution is 5.81. The quantitative estimate of drug-likeness (QED) is 0.474. The zero-order chi connectivity index (χ0) is 19.5. The topological polar surface area (TPSA) is 52.6 Å². The molecular weight excluding hydrogens is 340 g/mol. The summed E-state index contributed by atoms with van der Waals surface area (Å²) in [7, 11) is 0. The van der Waals surface area contributed by atoms with Gasteiger partial charge in [-0.15, -0.1) is 0 Å². The predicted octanol–water partition coefficient (Wildman–Crippen LogP) is 3.89. The summed E-state index contributed by atoms with van der Waals surface area (Å²) in [6.45, 7) is 7.07. The maximum atomic E-state index is 11.3. The molecule has 27 heavy (non-hydrogen) atoms. The summed E-state index contributed by atoms with van der Waals surface area (Å²) >= 11 is 0. The minimum Gasteiger partial charge on any atom is -0.462 e. The molecule has 0 aliphatic heterocycles. The monoisotopic (exact) mass is 364 g/mol. The van der Waals surface area contributed by atoms with E-state index in [1.807, 2.05) is 18.2 Å². The van der Waals surface area contributed by atoms with Gasteiger partial charge in [0.25, 0.3) is 0 Å². The molecule has 2 aromatic carbocycles. The zero-order valence-electron chi connectivity index (χ0n) is 15.3. The maximum Gasteiger partial charge on any atom is 0.330 e. The third-order valence-electron chi connectivity index (χ3n) is 4.05. The largest absolute Gasteiger partial charge is 0.462 e. The van der Waals surface area contributed by atoms with Crippen LogP contribution in [0.2, 0.25) is 0 Å². The third-order valence-corrected chi connectivity index (χ3v) is 4.05. The maximum absolute atomic E-state index is 11.3.